The topological polar surface area (TPSA) is 64.0 Å². The monoisotopic (exact) mass is 350 g/mol. The molecule has 6 heteroatoms. The molecule has 2 saturated heterocycles. The van der Waals surface area contributed by atoms with Gasteiger partial charge in [0.05, 0.1) is 12.5 Å². The van der Waals surface area contributed by atoms with Gasteiger partial charge in [-0.1, -0.05) is 12.1 Å². The Morgan fingerprint density at radius 2 is 1.92 bits per heavy atom. The van der Waals surface area contributed by atoms with E-state index in [-0.39, 0.29) is 42.7 Å². The molecule has 3 rings (SSSR count). The van der Waals surface area contributed by atoms with Crippen LogP contribution in [0.25, 0.3) is 0 Å². The van der Waals surface area contributed by atoms with Crippen LogP contribution in [0.15, 0.2) is 24.3 Å². The molecule has 0 unspecified atom stereocenters. The van der Waals surface area contributed by atoms with E-state index >= 15 is 0 Å². The number of likely N-dealkylation sites (tertiary alicyclic amines) is 2. The van der Waals surface area contributed by atoms with Gasteiger partial charge in [-0.15, -0.1) is 0 Å². The van der Waals surface area contributed by atoms with E-state index in [4.69, 9.17) is 0 Å². The van der Waals surface area contributed by atoms with Crippen molar-refractivity contribution in [2.45, 2.75) is 25.4 Å². The normalized spacial score (nSPS) is 25.5. The van der Waals surface area contributed by atoms with Gasteiger partial charge in [0.2, 0.25) is 5.91 Å². The summed E-state index contributed by atoms with van der Waals surface area (Å²) in [6.45, 7) is 3.86. The van der Waals surface area contributed by atoms with Crippen molar-refractivity contribution in [3.8, 4) is 0 Å². The fourth-order valence-electron chi connectivity index (χ4n) is 3.92. The molecular formula is C19H27FN2O3. The second-order valence-corrected chi connectivity index (χ2v) is 7.34. The van der Waals surface area contributed by atoms with Gasteiger partial charge >= 0.3 is 0 Å². The Morgan fingerprint density at radius 1 is 1.20 bits per heavy atom. The van der Waals surface area contributed by atoms with E-state index in [1.807, 2.05) is 0 Å². The number of benzene rings is 1. The van der Waals surface area contributed by atoms with Gasteiger partial charge in [0.25, 0.3) is 0 Å². The Bertz CT molecular complexity index is 590. The number of halogens is 1. The highest BCUT2D eigenvalue weighted by Crippen LogP contribution is 2.26. The van der Waals surface area contributed by atoms with Crippen LogP contribution in [0.3, 0.4) is 0 Å². The van der Waals surface area contributed by atoms with Crippen LogP contribution in [-0.4, -0.2) is 71.4 Å². The van der Waals surface area contributed by atoms with Gasteiger partial charge in [-0.2, -0.15) is 0 Å². The Balaban J connectivity index is 1.56. The van der Waals surface area contributed by atoms with Gasteiger partial charge in [0.15, 0.2) is 0 Å². The molecule has 0 aliphatic carbocycles. The first kappa shape index (κ1) is 18.3. The highest BCUT2D eigenvalue weighted by Gasteiger charge is 2.36. The summed E-state index contributed by atoms with van der Waals surface area (Å²) in [6.07, 6.45) is 1.58. The largest absolute Gasteiger partial charge is 0.396 e. The van der Waals surface area contributed by atoms with Gasteiger partial charge < -0.3 is 20.0 Å². The maximum Gasteiger partial charge on any atom is 0.227 e. The van der Waals surface area contributed by atoms with Crippen molar-refractivity contribution in [3.05, 3.63) is 35.6 Å². The van der Waals surface area contributed by atoms with Gasteiger partial charge in [-0.05, 0) is 36.5 Å². The summed E-state index contributed by atoms with van der Waals surface area (Å²) in [5, 5.41) is 19.3. The fraction of sp³-hybridized carbons (Fsp3) is 0.632. The molecule has 0 radical (unpaired) electrons. The number of rotatable bonds is 5. The molecule has 25 heavy (non-hydrogen) atoms. The number of carbonyl (C=O) groups is 1. The van der Waals surface area contributed by atoms with E-state index in [0.717, 1.165) is 32.5 Å². The van der Waals surface area contributed by atoms with Gasteiger partial charge in [0.1, 0.15) is 5.82 Å². The molecule has 1 aromatic carbocycles. The minimum Gasteiger partial charge on any atom is -0.396 e. The standard InChI is InChI=1S/C19H27FN2O3/c20-17-3-1-2-14(8-17)9-19(25)22-11-15(16(12-22)13-23)10-21-6-4-18(24)5-7-21/h1-3,8,15-16,18,23-24H,4-7,9-13H2/t15-,16-/m1/s1. The molecule has 0 saturated carbocycles. The number of carbonyl (C=O) groups excluding carboxylic acids is 1. The lowest BCUT2D eigenvalue weighted by Crippen LogP contribution is -2.40. The Morgan fingerprint density at radius 3 is 2.60 bits per heavy atom. The number of amides is 1. The van der Waals surface area contributed by atoms with Crippen LogP contribution in [0.2, 0.25) is 0 Å². The van der Waals surface area contributed by atoms with Crippen LogP contribution >= 0.6 is 0 Å². The van der Waals surface area contributed by atoms with Crippen LogP contribution in [0.1, 0.15) is 18.4 Å². The van der Waals surface area contributed by atoms with Crippen molar-refractivity contribution in [2.24, 2.45) is 11.8 Å². The molecule has 0 spiro atoms. The van der Waals surface area contributed by atoms with Crippen molar-refractivity contribution in [3.63, 3.8) is 0 Å². The number of hydrogen-bond donors (Lipinski definition) is 2. The molecule has 138 valence electrons. The maximum absolute atomic E-state index is 13.3. The zero-order chi connectivity index (χ0) is 17.8. The molecule has 2 N–H and O–H groups in total. The summed E-state index contributed by atoms with van der Waals surface area (Å²) in [5.41, 5.74) is 0.680. The number of nitrogens with zero attached hydrogens (tertiary/aromatic N) is 2. The van der Waals surface area contributed by atoms with Crippen molar-refractivity contribution >= 4 is 5.91 Å². The molecule has 1 amide bonds. The summed E-state index contributed by atoms with van der Waals surface area (Å²) in [5.74, 6) is -0.00857. The predicted octanol–water partition coefficient (Wildman–Crippen LogP) is 0.892. The molecule has 2 aliphatic heterocycles. The molecule has 0 aromatic heterocycles. The molecule has 2 aliphatic rings. The van der Waals surface area contributed by atoms with Crippen LogP contribution in [0, 0.1) is 17.7 Å². The van der Waals surface area contributed by atoms with E-state index in [1.54, 1.807) is 17.0 Å². The van der Waals surface area contributed by atoms with Crippen molar-refractivity contribution in [2.75, 3.05) is 39.3 Å². The number of piperidine rings is 1. The first-order valence-electron chi connectivity index (χ1n) is 9.08. The van der Waals surface area contributed by atoms with Crippen molar-refractivity contribution < 1.29 is 19.4 Å². The zero-order valence-electron chi connectivity index (χ0n) is 14.5. The zero-order valence-corrected chi connectivity index (χ0v) is 14.5. The van der Waals surface area contributed by atoms with E-state index < -0.39 is 0 Å². The van der Waals surface area contributed by atoms with Gasteiger partial charge in [-0.25, -0.2) is 4.39 Å². The van der Waals surface area contributed by atoms with Crippen molar-refractivity contribution in [1.82, 2.24) is 9.80 Å². The second kappa shape index (κ2) is 8.25. The predicted molar refractivity (Wildman–Crippen MR) is 92.4 cm³/mol. The van der Waals surface area contributed by atoms with Crippen LogP contribution in [-0.2, 0) is 11.2 Å². The summed E-state index contributed by atoms with van der Waals surface area (Å²) in [7, 11) is 0. The number of aliphatic hydroxyl groups is 2. The fourth-order valence-corrected chi connectivity index (χ4v) is 3.92. The Kier molecular flexibility index (Phi) is 6.04. The quantitative estimate of drug-likeness (QED) is 0.828. The molecular weight excluding hydrogens is 323 g/mol. The summed E-state index contributed by atoms with van der Waals surface area (Å²) < 4.78 is 13.3. The number of aliphatic hydroxyl groups excluding tert-OH is 2. The molecule has 2 heterocycles. The van der Waals surface area contributed by atoms with Gasteiger partial charge in [0, 0.05) is 45.2 Å². The molecule has 2 atom stereocenters. The highest BCUT2D eigenvalue weighted by atomic mass is 19.1. The molecule has 2 fully saturated rings. The minimum atomic E-state index is -0.329. The summed E-state index contributed by atoms with van der Waals surface area (Å²) >= 11 is 0. The van der Waals surface area contributed by atoms with E-state index in [2.05, 4.69) is 4.90 Å². The first-order chi connectivity index (χ1) is 12.0. The van der Waals surface area contributed by atoms with Crippen LogP contribution < -0.4 is 0 Å². The third-order valence-corrected chi connectivity index (χ3v) is 5.46. The summed E-state index contributed by atoms with van der Waals surface area (Å²) in [4.78, 5) is 16.7. The summed E-state index contributed by atoms with van der Waals surface area (Å²) in [6, 6.07) is 6.15. The highest BCUT2D eigenvalue weighted by molar-refractivity contribution is 5.79. The second-order valence-electron chi connectivity index (χ2n) is 7.34. The van der Waals surface area contributed by atoms with Crippen LogP contribution in [0.5, 0.6) is 0 Å². The molecule has 0 bridgehead atoms. The minimum absolute atomic E-state index is 0.0133. The average Bonchev–Trinajstić information content (AvgIpc) is 3.00. The lowest BCUT2D eigenvalue weighted by molar-refractivity contribution is -0.129. The average molecular weight is 350 g/mol. The van der Waals surface area contributed by atoms with Crippen molar-refractivity contribution in [1.29, 1.82) is 0 Å². The van der Waals surface area contributed by atoms with Gasteiger partial charge in [-0.3, -0.25) is 4.79 Å². The maximum atomic E-state index is 13.3. The lowest BCUT2D eigenvalue weighted by atomic mass is 9.95. The Labute approximate surface area is 148 Å². The number of hydrogen-bond acceptors (Lipinski definition) is 4. The van der Waals surface area contributed by atoms with E-state index in [9.17, 15) is 19.4 Å². The Hall–Kier alpha value is -1.50. The molecule has 1 aromatic rings. The third-order valence-electron chi connectivity index (χ3n) is 5.46. The third kappa shape index (κ3) is 4.77. The lowest BCUT2D eigenvalue weighted by Gasteiger charge is -2.32. The molecule has 5 nitrogen and oxygen atoms in total. The van der Waals surface area contributed by atoms with Crippen LogP contribution in [0.4, 0.5) is 4.39 Å². The van der Waals surface area contributed by atoms with E-state index in [1.165, 1.54) is 12.1 Å². The SMILES string of the molecule is O=C(Cc1cccc(F)c1)N1C[C@@H](CN2CCC(O)CC2)[C@@H](CO)C1. The smallest absolute Gasteiger partial charge is 0.227 e. The first-order valence-corrected chi connectivity index (χ1v) is 9.08. The van der Waals surface area contributed by atoms with E-state index in [0.29, 0.717) is 18.7 Å².